The molecule has 0 saturated carbocycles. The van der Waals surface area contributed by atoms with Crippen LogP contribution in [0.1, 0.15) is 45.2 Å². The molecule has 0 bridgehead atoms. The predicted octanol–water partition coefficient (Wildman–Crippen LogP) is 2.92. The summed E-state index contributed by atoms with van der Waals surface area (Å²) in [7, 11) is 0. The standard InChI is InChI=1S/C15H26N4/c1-3-13-6-5-8-19(9-7-13)12-14-10-18-15(11-17-14)16-4-2/h10-11,13H,3-9,12H2,1-2H3,(H,16,18). The topological polar surface area (TPSA) is 41.1 Å². The Morgan fingerprint density at radius 1 is 1.21 bits per heavy atom. The van der Waals surface area contributed by atoms with Gasteiger partial charge in [0.1, 0.15) is 5.82 Å². The van der Waals surface area contributed by atoms with Crippen LogP contribution in [0.4, 0.5) is 5.82 Å². The summed E-state index contributed by atoms with van der Waals surface area (Å²) in [6, 6.07) is 0. The number of likely N-dealkylation sites (tertiary alicyclic amines) is 1. The Hall–Kier alpha value is -1.16. The molecular weight excluding hydrogens is 236 g/mol. The van der Waals surface area contributed by atoms with Crippen LogP contribution in [0.25, 0.3) is 0 Å². The SMILES string of the molecule is CCNc1cnc(CN2CCCC(CC)CC2)cn1. The minimum absolute atomic E-state index is 0.869. The van der Waals surface area contributed by atoms with Gasteiger partial charge in [-0.25, -0.2) is 4.98 Å². The molecule has 19 heavy (non-hydrogen) atoms. The van der Waals surface area contributed by atoms with E-state index < -0.39 is 0 Å². The van der Waals surface area contributed by atoms with Crippen molar-refractivity contribution >= 4 is 5.82 Å². The van der Waals surface area contributed by atoms with E-state index in [0.29, 0.717) is 0 Å². The number of anilines is 1. The molecule has 0 spiro atoms. The van der Waals surface area contributed by atoms with Gasteiger partial charge in [-0.1, -0.05) is 13.3 Å². The summed E-state index contributed by atoms with van der Waals surface area (Å²) < 4.78 is 0. The lowest BCUT2D eigenvalue weighted by atomic mass is 9.98. The molecule has 4 heteroatoms. The molecule has 106 valence electrons. The Balaban J connectivity index is 1.86. The molecule has 0 amide bonds. The van der Waals surface area contributed by atoms with Gasteiger partial charge in [-0.3, -0.25) is 9.88 Å². The van der Waals surface area contributed by atoms with Gasteiger partial charge in [0.2, 0.25) is 0 Å². The van der Waals surface area contributed by atoms with Crippen LogP contribution in [-0.4, -0.2) is 34.5 Å². The lowest BCUT2D eigenvalue weighted by molar-refractivity contribution is 0.268. The third-order valence-corrected chi connectivity index (χ3v) is 3.97. The Morgan fingerprint density at radius 3 is 2.79 bits per heavy atom. The average Bonchev–Trinajstić information content (AvgIpc) is 2.66. The Morgan fingerprint density at radius 2 is 2.11 bits per heavy atom. The Labute approximate surface area is 116 Å². The van der Waals surface area contributed by atoms with Crippen molar-refractivity contribution in [1.82, 2.24) is 14.9 Å². The van der Waals surface area contributed by atoms with Gasteiger partial charge in [-0.05, 0) is 45.2 Å². The van der Waals surface area contributed by atoms with Crippen molar-refractivity contribution in [1.29, 1.82) is 0 Å². The molecule has 1 unspecified atom stereocenters. The van der Waals surface area contributed by atoms with Gasteiger partial charge in [0.25, 0.3) is 0 Å². The number of rotatable bonds is 5. The van der Waals surface area contributed by atoms with E-state index in [1.54, 1.807) is 0 Å². The highest BCUT2D eigenvalue weighted by atomic mass is 15.1. The highest BCUT2D eigenvalue weighted by Crippen LogP contribution is 2.21. The second-order valence-corrected chi connectivity index (χ2v) is 5.40. The molecule has 0 aromatic carbocycles. The van der Waals surface area contributed by atoms with Crippen molar-refractivity contribution in [3.63, 3.8) is 0 Å². The van der Waals surface area contributed by atoms with E-state index in [0.717, 1.165) is 30.5 Å². The zero-order valence-electron chi connectivity index (χ0n) is 12.2. The van der Waals surface area contributed by atoms with Crippen LogP contribution >= 0.6 is 0 Å². The molecule has 1 aromatic rings. The highest BCUT2D eigenvalue weighted by molar-refractivity contribution is 5.30. The van der Waals surface area contributed by atoms with E-state index in [4.69, 9.17) is 0 Å². The molecule has 0 radical (unpaired) electrons. The average molecular weight is 262 g/mol. The first-order valence-corrected chi connectivity index (χ1v) is 7.59. The van der Waals surface area contributed by atoms with Crippen LogP contribution in [0.15, 0.2) is 12.4 Å². The first-order chi connectivity index (χ1) is 9.31. The molecule has 1 aliphatic rings. The van der Waals surface area contributed by atoms with E-state index in [2.05, 4.69) is 34.0 Å². The summed E-state index contributed by atoms with van der Waals surface area (Å²) >= 11 is 0. The van der Waals surface area contributed by atoms with Gasteiger partial charge in [0, 0.05) is 13.1 Å². The number of nitrogens with one attached hydrogen (secondary N) is 1. The van der Waals surface area contributed by atoms with Crippen LogP contribution in [0.2, 0.25) is 0 Å². The van der Waals surface area contributed by atoms with Crippen molar-refractivity contribution in [2.24, 2.45) is 5.92 Å². The molecule has 1 aromatic heterocycles. The van der Waals surface area contributed by atoms with E-state index in [-0.39, 0.29) is 0 Å². The van der Waals surface area contributed by atoms with Crippen LogP contribution in [0.3, 0.4) is 0 Å². The summed E-state index contributed by atoms with van der Waals surface area (Å²) in [6.45, 7) is 8.61. The van der Waals surface area contributed by atoms with Gasteiger partial charge < -0.3 is 5.32 Å². The zero-order valence-corrected chi connectivity index (χ0v) is 12.2. The van der Waals surface area contributed by atoms with Crippen molar-refractivity contribution in [2.45, 2.75) is 46.1 Å². The molecular formula is C15H26N4. The third kappa shape index (κ3) is 4.46. The summed E-state index contributed by atoms with van der Waals surface area (Å²) in [5.74, 6) is 1.79. The molecule has 1 atom stereocenters. The van der Waals surface area contributed by atoms with Crippen LogP contribution in [0.5, 0.6) is 0 Å². The minimum Gasteiger partial charge on any atom is -0.369 e. The maximum absolute atomic E-state index is 4.49. The number of hydrogen-bond acceptors (Lipinski definition) is 4. The maximum Gasteiger partial charge on any atom is 0.144 e. The van der Waals surface area contributed by atoms with E-state index in [1.807, 2.05) is 12.4 Å². The summed E-state index contributed by atoms with van der Waals surface area (Å²) in [5.41, 5.74) is 1.08. The molecule has 1 saturated heterocycles. The lowest BCUT2D eigenvalue weighted by Gasteiger charge is -2.19. The number of nitrogens with zero attached hydrogens (tertiary/aromatic N) is 3. The minimum atomic E-state index is 0.869. The lowest BCUT2D eigenvalue weighted by Crippen LogP contribution is -2.25. The fourth-order valence-corrected chi connectivity index (χ4v) is 2.73. The van der Waals surface area contributed by atoms with Gasteiger partial charge >= 0.3 is 0 Å². The fourth-order valence-electron chi connectivity index (χ4n) is 2.73. The van der Waals surface area contributed by atoms with Crippen LogP contribution in [0, 0.1) is 5.92 Å². The molecule has 1 N–H and O–H groups in total. The first kappa shape index (κ1) is 14.3. The molecule has 2 rings (SSSR count). The monoisotopic (exact) mass is 262 g/mol. The largest absolute Gasteiger partial charge is 0.369 e. The third-order valence-electron chi connectivity index (χ3n) is 3.97. The summed E-state index contributed by atoms with van der Waals surface area (Å²) in [6.07, 6.45) is 9.11. The van der Waals surface area contributed by atoms with Crippen molar-refractivity contribution < 1.29 is 0 Å². The van der Waals surface area contributed by atoms with Gasteiger partial charge in [0.05, 0.1) is 18.1 Å². The van der Waals surface area contributed by atoms with Crippen LogP contribution < -0.4 is 5.32 Å². The van der Waals surface area contributed by atoms with Crippen LogP contribution in [-0.2, 0) is 6.54 Å². The van der Waals surface area contributed by atoms with Crippen molar-refractivity contribution in [2.75, 3.05) is 25.0 Å². The first-order valence-electron chi connectivity index (χ1n) is 7.59. The Kier molecular flexibility index (Phi) is 5.58. The number of aromatic nitrogens is 2. The smallest absolute Gasteiger partial charge is 0.144 e. The van der Waals surface area contributed by atoms with Crippen molar-refractivity contribution in [3.8, 4) is 0 Å². The second-order valence-electron chi connectivity index (χ2n) is 5.40. The molecule has 1 fully saturated rings. The fraction of sp³-hybridized carbons (Fsp3) is 0.733. The van der Waals surface area contributed by atoms with E-state index >= 15 is 0 Å². The van der Waals surface area contributed by atoms with E-state index in [1.165, 1.54) is 38.8 Å². The zero-order chi connectivity index (χ0) is 13.5. The highest BCUT2D eigenvalue weighted by Gasteiger charge is 2.16. The molecule has 0 aliphatic carbocycles. The van der Waals surface area contributed by atoms with Gasteiger partial charge in [-0.15, -0.1) is 0 Å². The van der Waals surface area contributed by atoms with Gasteiger partial charge in [0.15, 0.2) is 0 Å². The predicted molar refractivity (Wildman–Crippen MR) is 79.1 cm³/mol. The normalized spacial score (nSPS) is 21.1. The Bertz CT molecular complexity index is 363. The second kappa shape index (κ2) is 7.43. The summed E-state index contributed by atoms with van der Waals surface area (Å²) in [5, 5.41) is 3.17. The maximum atomic E-state index is 4.49. The van der Waals surface area contributed by atoms with Gasteiger partial charge in [-0.2, -0.15) is 0 Å². The number of hydrogen-bond donors (Lipinski definition) is 1. The molecule has 1 aliphatic heterocycles. The van der Waals surface area contributed by atoms with Crippen molar-refractivity contribution in [3.05, 3.63) is 18.1 Å². The molecule has 4 nitrogen and oxygen atoms in total. The quantitative estimate of drug-likeness (QED) is 0.886. The van der Waals surface area contributed by atoms with E-state index in [9.17, 15) is 0 Å². The molecule has 2 heterocycles. The summed E-state index contributed by atoms with van der Waals surface area (Å²) in [4.78, 5) is 11.4.